The van der Waals surface area contributed by atoms with Gasteiger partial charge in [-0.15, -0.1) is 0 Å². The van der Waals surface area contributed by atoms with E-state index >= 15 is 0 Å². The maximum absolute atomic E-state index is 6.48. The van der Waals surface area contributed by atoms with Crippen LogP contribution in [0, 0.1) is 13.8 Å². The van der Waals surface area contributed by atoms with E-state index in [2.05, 4.69) is 72.0 Å². The Labute approximate surface area is 161 Å². The van der Waals surface area contributed by atoms with Crippen molar-refractivity contribution in [3.05, 3.63) is 93.8 Å². The van der Waals surface area contributed by atoms with E-state index in [4.69, 9.17) is 11.6 Å². The molecule has 1 unspecified atom stereocenters. The number of aromatic nitrogens is 1. The molecular weight excluding hydrogens is 340 g/mol. The smallest absolute Gasteiger partial charge is 0.0761 e. The number of hydrogen-bond donors (Lipinski definition) is 0. The number of aryl methyl sites for hydroxylation is 3. The zero-order valence-corrected chi connectivity index (χ0v) is 16.2. The van der Waals surface area contributed by atoms with Crippen LogP contribution in [-0.2, 0) is 13.1 Å². The normalized spacial score (nSPS) is 17.7. The summed E-state index contributed by atoms with van der Waals surface area (Å²) in [5, 5.41) is 0.854. The molecule has 26 heavy (non-hydrogen) atoms. The van der Waals surface area contributed by atoms with Crippen LogP contribution in [0.25, 0.3) is 0 Å². The lowest BCUT2D eigenvalue weighted by Crippen LogP contribution is -2.30. The summed E-state index contributed by atoms with van der Waals surface area (Å²) in [6, 6.07) is 19.7. The third-order valence-electron chi connectivity index (χ3n) is 5.41. The summed E-state index contributed by atoms with van der Waals surface area (Å²) in [5.74, 6) is 0. The summed E-state index contributed by atoms with van der Waals surface area (Å²) in [7, 11) is 0. The van der Waals surface area contributed by atoms with Crippen molar-refractivity contribution in [2.45, 2.75) is 39.4 Å². The molecule has 3 heteroatoms. The monoisotopic (exact) mass is 364 g/mol. The predicted octanol–water partition coefficient (Wildman–Crippen LogP) is 5.75. The summed E-state index contributed by atoms with van der Waals surface area (Å²) >= 11 is 6.48. The van der Waals surface area contributed by atoms with Crippen molar-refractivity contribution in [2.24, 2.45) is 0 Å². The van der Waals surface area contributed by atoms with Gasteiger partial charge in [0.25, 0.3) is 0 Å². The minimum absolute atomic E-state index is 0.253. The van der Waals surface area contributed by atoms with Gasteiger partial charge in [0.05, 0.1) is 6.04 Å². The Morgan fingerprint density at radius 2 is 1.85 bits per heavy atom. The van der Waals surface area contributed by atoms with E-state index < -0.39 is 0 Å². The van der Waals surface area contributed by atoms with Crippen LogP contribution in [0.5, 0.6) is 0 Å². The summed E-state index contributed by atoms with van der Waals surface area (Å²) in [5.41, 5.74) is 6.64. The molecule has 0 fully saturated rings. The van der Waals surface area contributed by atoms with Crippen molar-refractivity contribution in [3.8, 4) is 0 Å². The molecule has 2 nitrogen and oxygen atoms in total. The van der Waals surface area contributed by atoms with Gasteiger partial charge in [-0.3, -0.25) is 4.90 Å². The van der Waals surface area contributed by atoms with Gasteiger partial charge >= 0.3 is 0 Å². The molecule has 0 radical (unpaired) electrons. The third-order valence-corrected chi connectivity index (χ3v) is 5.78. The summed E-state index contributed by atoms with van der Waals surface area (Å²) in [6.45, 7) is 7.40. The topological polar surface area (TPSA) is 8.17 Å². The van der Waals surface area contributed by atoms with Gasteiger partial charge in [-0.1, -0.05) is 53.6 Å². The van der Waals surface area contributed by atoms with Crippen molar-refractivity contribution in [3.63, 3.8) is 0 Å². The van der Waals surface area contributed by atoms with E-state index in [1.54, 1.807) is 0 Å². The van der Waals surface area contributed by atoms with E-state index in [0.717, 1.165) is 31.1 Å². The van der Waals surface area contributed by atoms with Crippen molar-refractivity contribution >= 4 is 11.6 Å². The highest BCUT2D eigenvalue weighted by Crippen LogP contribution is 2.35. The molecule has 0 amide bonds. The van der Waals surface area contributed by atoms with Crippen LogP contribution in [0.1, 0.15) is 40.4 Å². The minimum atomic E-state index is 0.253. The molecule has 1 aromatic heterocycles. The van der Waals surface area contributed by atoms with Crippen LogP contribution in [0.3, 0.4) is 0 Å². The number of nitrogens with zero attached hydrogens (tertiary/aromatic N) is 2. The van der Waals surface area contributed by atoms with Crippen LogP contribution in [-0.4, -0.2) is 16.0 Å². The molecule has 2 heterocycles. The van der Waals surface area contributed by atoms with Crippen LogP contribution < -0.4 is 0 Å². The Balaban J connectivity index is 1.81. The molecule has 1 atom stereocenters. The molecule has 0 spiro atoms. The van der Waals surface area contributed by atoms with Gasteiger partial charge < -0.3 is 4.57 Å². The predicted molar refractivity (Wildman–Crippen MR) is 109 cm³/mol. The highest BCUT2D eigenvalue weighted by Gasteiger charge is 2.28. The van der Waals surface area contributed by atoms with E-state index in [9.17, 15) is 0 Å². The molecule has 4 rings (SSSR count). The molecule has 1 aliphatic rings. The van der Waals surface area contributed by atoms with Crippen molar-refractivity contribution in [1.29, 1.82) is 0 Å². The lowest BCUT2D eigenvalue weighted by molar-refractivity contribution is 0.220. The molecule has 0 bridgehead atoms. The first-order valence-corrected chi connectivity index (χ1v) is 9.71. The van der Waals surface area contributed by atoms with Crippen molar-refractivity contribution in [2.75, 3.05) is 6.54 Å². The Morgan fingerprint density at radius 1 is 1.00 bits per heavy atom. The largest absolute Gasteiger partial charge is 0.350 e. The van der Waals surface area contributed by atoms with E-state index in [1.165, 1.54) is 27.9 Å². The van der Waals surface area contributed by atoms with Crippen molar-refractivity contribution < 1.29 is 0 Å². The molecular formula is C23H25ClN2. The highest BCUT2D eigenvalue weighted by molar-refractivity contribution is 6.31. The fourth-order valence-corrected chi connectivity index (χ4v) is 4.26. The summed E-state index contributed by atoms with van der Waals surface area (Å²) in [6.07, 6.45) is 3.36. The molecule has 0 saturated heterocycles. The molecule has 0 aliphatic carbocycles. The lowest BCUT2D eigenvalue weighted by atomic mass is 9.95. The second-order valence-corrected chi connectivity index (χ2v) is 7.71. The number of rotatable bonds is 3. The maximum Gasteiger partial charge on any atom is 0.0761 e. The number of halogens is 1. The van der Waals surface area contributed by atoms with Crippen LogP contribution in [0.4, 0.5) is 0 Å². The average molecular weight is 365 g/mol. The second kappa shape index (κ2) is 7.30. The molecule has 0 N–H and O–H groups in total. The molecule has 2 aromatic carbocycles. The SMILES string of the molecule is Cc1ccc(C)c(C2c3cccn3CCCN2Cc2ccccc2Cl)c1. The van der Waals surface area contributed by atoms with E-state index in [-0.39, 0.29) is 6.04 Å². The number of fused-ring (bicyclic) bond motifs is 1. The molecule has 3 aromatic rings. The standard InChI is InChI=1S/C23H25ClN2/c1-17-10-11-18(2)20(15-17)23-22-9-5-12-25(22)13-6-14-26(23)16-19-7-3-4-8-21(19)24/h3-5,7-12,15,23H,6,13-14,16H2,1-2H3. The Hall–Kier alpha value is -2.03. The molecule has 0 saturated carbocycles. The second-order valence-electron chi connectivity index (χ2n) is 7.30. The van der Waals surface area contributed by atoms with Crippen LogP contribution >= 0.6 is 11.6 Å². The maximum atomic E-state index is 6.48. The summed E-state index contributed by atoms with van der Waals surface area (Å²) < 4.78 is 2.42. The Bertz CT molecular complexity index is 912. The van der Waals surface area contributed by atoms with Gasteiger partial charge in [0.2, 0.25) is 0 Å². The minimum Gasteiger partial charge on any atom is -0.350 e. The molecule has 1 aliphatic heterocycles. The third kappa shape index (κ3) is 3.32. The van der Waals surface area contributed by atoms with Gasteiger partial charge in [-0.05, 0) is 55.2 Å². The average Bonchev–Trinajstić information content (AvgIpc) is 3.01. The number of hydrogen-bond acceptors (Lipinski definition) is 1. The van der Waals surface area contributed by atoms with Crippen LogP contribution in [0.15, 0.2) is 60.8 Å². The van der Waals surface area contributed by atoms with E-state index in [0.29, 0.717) is 0 Å². The quantitative estimate of drug-likeness (QED) is 0.574. The lowest BCUT2D eigenvalue weighted by Gasteiger charge is -2.32. The van der Waals surface area contributed by atoms with Gasteiger partial charge in [0.1, 0.15) is 0 Å². The Morgan fingerprint density at radius 3 is 2.69 bits per heavy atom. The fourth-order valence-electron chi connectivity index (χ4n) is 4.07. The van der Waals surface area contributed by atoms with Gasteiger partial charge in [-0.25, -0.2) is 0 Å². The first kappa shape index (κ1) is 17.4. The van der Waals surface area contributed by atoms with Crippen molar-refractivity contribution in [1.82, 2.24) is 9.47 Å². The van der Waals surface area contributed by atoms with Crippen LogP contribution in [0.2, 0.25) is 5.02 Å². The van der Waals surface area contributed by atoms with Gasteiger partial charge in [0.15, 0.2) is 0 Å². The fraction of sp³-hybridized carbons (Fsp3) is 0.304. The zero-order valence-electron chi connectivity index (χ0n) is 15.5. The first-order valence-electron chi connectivity index (χ1n) is 9.33. The number of benzene rings is 2. The van der Waals surface area contributed by atoms with E-state index in [1.807, 2.05) is 12.1 Å². The highest BCUT2D eigenvalue weighted by atomic mass is 35.5. The Kier molecular flexibility index (Phi) is 4.88. The molecule has 134 valence electrons. The first-order chi connectivity index (χ1) is 12.6. The van der Waals surface area contributed by atoms with Gasteiger partial charge in [-0.2, -0.15) is 0 Å². The summed E-state index contributed by atoms with van der Waals surface area (Å²) in [4.78, 5) is 2.59. The van der Waals surface area contributed by atoms with Gasteiger partial charge in [0, 0.05) is 36.5 Å². The zero-order chi connectivity index (χ0) is 18.1.